The van der Waals surface area contributed by atoms with Gasteiger partial charge in [0, 0.05) is 12.0 Å². The van der Waals surface area contributed by atoms with Gasteiger partial charge >= 0.3 is 5.97 Å². The zero-order chi connectivity index (χ0) is 19.1. The number of esters is 1. The third-order valence-corrected chi connectivity index (χ3v) is 4.05. The zero-order valence-electron chi connectivity index (χ0n) is 15.2. The fourth-order valence-corrected chi connectivity index (χ4v) is 2.62. The molecule has 3 rings (SSSR count). The minimum Gasteiger partial charge on any atom is -0.487 e. The highest BCUT2D eigenvalue weighted by molar-refractivity contribution is 5.69. The molecule has 138 valence electrons. The van der Waals surface area contributed by atoms with Gasteiger partial charge in [0.2, 0.25) is 5.89 Å². The highest BCUT2D eigenvalue weighted by Crippen LogP contribution is 2.24. The number of carbonyl (C=O) groups is 1. The molecule has 27 heavy (non-hydrogen) atoms. The number of aromatic nitrogens is 1. The molecule has 1 aromatic heterocycles. The van der Waals surface area contributed by atoms with E-state index >= 15 is 0 Å². The summed E-state index contributed by atoms with van der Waals surface area (Å²) in [6.45, 7) is 4.05. The maximum absolute atomic E-state index is 11.3. The predicted molar refractivity (Wildman–Crippen MR) is 103 cm³/mol. The van der Waals surface area contributed by atoms with Gasteiger partial charge in [0.15, 0.2) is 5.76 Å². The van der Waals surface area contributed by atoms with Crippen molar-refractivity contribution in [3.63, 3.8) is 0 Å². The van der Waals surface area contributed by atoms with E-state index in [2.05, 4.69) is 16.3 Å². The van der Waals surface area contributed by atoms with Crippen molar-refractivity contribution in [3.8, 4) is 17.2 Å². The number of nitrogens with zero attached hydrogens (tertiary/aromatic N) is 1. The van der Waals surface area contributed by atoms with Crippen LogP contribution in [0.2, 0.25) is 0 Å². The molecule has 5 nitrogen and oxygen atoms in total. The molecule has 0 aliphatic heterocycles. The molecule has 0 bridgehead atoms. The fraction of sp³-hybridized carbons (Fsp3) is 0.182. The Morgan fingerprint density at radius 3 is 2.74 bits per heavy atom. The van der Waals surface area contributed by atoms with E-state index in [0.717, 1.165) is 11.1 Å². The molecule has 0 fully saturated rings. The van der Waals surface area contributed by atoms with Crippen LogP contribution in [-0.4, -0.2) is 18.1 Å². The first-order valence-electron chi connectivity index (χ1n) is 8.65. The van der Waals surface area contributed by atoms with Crippen molar-refractivity contribution < 1.29 is 18.7 Å². The Hall–Kier alpha value is -3.34. The standard InChI is InChI=1S/C22H21NO4/c1-3-20-19(23-22(27-20)17-9-5-4-6-10-17)15-26-18-11-7-8-16(14-18)12-13-21(24)25-2/h3-11,14H,1,12-13,15H2,2H3. The van der Waals surface area contributed by atoms with Crippen molar-refractivity contribution in [3.05, 3.63) is 78.2 Å². The zero-order valence-corrected chi connectivity index (χ0v) is 15.2. The van der Waals surface area contributed by atoms with Gasteiger partial charge in [0.1, 0.15) is 18.1 Å². The average Bonchev–Trinajstić information content (AvgIpc) is 3.15. The van der Waals surface area contributed by atoms with Crippen LogP contribution in [0.3, 0.4) is 0 Å². The molecule has 0 N–H and O–H groups in total. The van der Waals surface area contributed by atoms with E-state index in [0.29, 0.717) is 35.9 Å². The molecule has 0 unspecified atom stereocenters. The second-order valence-electron chi connectivity index (χ2n) is 5.91. The van der Waals surface area contributed by atoms with Crippen molar-refractivity contribution in [2.75, 3.05) is 7.11 Å². The third kappa shape index (κ3) is 4.85. The number of benzene rings is 2. The van der Waals surface area contributed by atoms with Gasteiger partial charge in [-0.2, -0.15) is 0 Å². The normalized spacial score (nSPS) is 10.4. The topological polar surface area (TPSA) is 61.6 Å². The minimum atomic E-state index is -0.229. The minimum absolute atomic E-state index is 0.229. The number of rotatable bonds is 8. The summed E-state index contributed by atoms with van der Waals surface area (Å²) in [5, 5.41) is 0. The van der Waals surface area contributed by atoms with Crippen LogP contribution in [0, 0.1) is 0 Å². The summed E-state index contributed by atoms with van der Waals surface area (Å²) in [5.41, 5.74) is 2.59. The van der Waals surface area contributed by atoms with Crippen LogP contribution in [0.25, 0.3) is 17.5 Å². The van der Waals surface area contributed by atoms with Gasteiger partial charge in [-0.1, -0.05) is 36.9 Å². The van der Waals surface area contributed by atoms with Gasteiger partial charge in [-0.05, 0) is 42.3 Å². The van der Waals surface area contributed by atoms with Crippen molar-refractivity contribution >= 4 is 12.0 Å². The monoisotopic (exact) mass is 363 g/mol. The summed E-state index contributed by atoms with van der Waals surface area (Å²) in [7, 11) is 1.39. The van der Waals surface area contributed by atoms with Gasteiger partial charge in [0.25, 0.3) is 0 Å². The molecule has 0 radical (unpaired) electrons. The van der Waals surface area contributed by atoms with Crippen LogP contribution in [0.1, 0.15) is 23.4 Å². The first-order valence-corrected chi connectivity index (χ1v) is 8.65. The van der Waals surface area contributed by atoms with Crippen LogP contribution >= 0.6 is 0 Å². The molecular formula is C22H21NO4. The summed E-state index contributed by atoms with van der Waals surface area (Å²) in [6.07, 6.45) is 2.57. The van der Waals surface area contributed by atoms with Gasteiger partial charge in [-0.3, -0.25) is 4.79 Å². The second-order valence-corrected chi connectivity index (χ2v) is 5.91. The molecule has 1 heterocycles. The average molecular weight is 363 g/mol. The van der Waals surface area contributed by atoms with Crippen molar-refractivity contribution in [2.24, 2.45) is 0 Å². The van der Waals surface area contributed by atoms with E-state index in [1.165, 1.54) is 7.11 Å². The number of ether oxygens (including phenoxy) is 2. The molecule has 0 spiro atoms. The van der Waals surface area contributed by atoms with Crippen LogP contribution in [0.15, 0.2) is 65.6 Å². The summed E-state index contributed by atoms with van der Waals surface area (Å²) < 4.78 is 16.3. The van der Waals surface area contributed by atoms with Crippen LogP contribution < -0.4 is 4.74 Å². The number of hydrogen-bond donors (Lipinski definition) is 0. The highest BCUT2D eigenvalue weighted by Gasteiger charge is 2.13. The van der Waals surface area contributed by atoms with Crippen molar-refractivity contribution in [1.29, 1.82) is 0 Å². The van der Waals surface area contributed by atoms with Crippen LogP contribution in [0.5, 0.6) is 5.75 Å². The first kappa shape index (κ1) is 18.5. The molecule has 2 aromatic carbocycles. The SMILES string of the molecule is C=Cc1oc(-c2ccccc2)nc1COc1cccc(CCC(=O)OC)c1. The van der Waals surface area contributed by atoms with E-state index in [9.17, 15) is 4.79 Å². The molecular weight excluding hydrogens is 342 g/mol. The lowest BCUT2D eigenvalue weighted by Gasteiger charge is -2.07. The van der Waals surface area contributed by atoms with Crippen LogP contribution in [-0.2, 0) is 22.6 Å². The number of hydrogen-bond acceptors (Lipinski definition) is 5. The van der Waals surface area contributed by atoms with E-state index in [4.69, 9.17) is 9.15 Å². The van der Waals surface area contributed by atoms with Crippen molar-refractivity contribution in [1.82, 2.24) is 4.98 Å². The number of aryl methyl sites for hydroxylation is 1. The van der Waals surface area contributed by atoms with Gasteiger partial charge in [-0.15, -0.1) is 0 Å². The first-order chi connectivity index (χ1) is 13.2. The quantitative estimate of drug-likeness (QED) is 0.544. The smallest absolute Gasteiger partial charge is 0.305 e. The van der Waals surface area contributed by atoms with Gasteiger partial charge in [0.05, 0.1) is 7.11 Å². The van der Waals surface area contributed by atoms with Crippen molar-refractivity contribution in [2.45, 2.75) is 19.4 Å². The Labute approximate surface area is 158 Å². The van der Waals surface area contributed by atoms with Gasteiger partial charge in [-0.25, -0.2) is 4.98 Å². The Bertz CT molecular complexity index is 915. The summed E-state index contributed by atoms with van der Waals surface area (Å²) in [6, 6.07) is 17.3. The largest absolute Gasteiger partial charge is 0.487 e. The van der Waals surface area contributed by atoms with E-state index in [-0.39, 0.29) is 12.6 Å². The molecule has 0 amide bonds. The van der Waals surface area contributed by atoms with E-state index in [1.807, 2.05) is 54.6 Å². The lowest BCUT2D eigenvalue weighted by atomic mass is 10.1. The van der Waals surface area contributed by atoms with E-state index < -0.39 is 0 Å². The molecule has 0 atom stereocenters. The lowest BCUT2D eigenvalue weighted by Crippen LogP contribution is -2.02. The van der Waals surface area contributed by atoms with Gasteiger partial charge < -0.3 is 13.9 Å². The summed E-state index contributed by atoms with van der Waals surface area (Å²) >= 11 is 0. The molecule has 5 heteroatoms. The Kier molecular flexibility index (Phi) is 6.05. The van der Waals surface area contributed by atoms with Crippen LogP contribution in [0.4, 0.5) is 0 Å². The molecule has 0 saturated heterocycles. The Morgan fingerprint density at radius 1 is 1.19 bits per heavy atom. The number of carbonyl (C=O) groups excluding carboxylic acids is 1. The molecule has 0 aliphatic carbocycles. The predicted octanol–water partition coefficient (Wildman–Crippen LogP) is 4.67. The maximum Gasteiger partial charge on any atom is 0.305 e. The maximum atomic E-state index is 11.3. The summed E-state index contributed by atoms with van der Waals surface area (Å²) in [4.78, 5) is 15.8. The third-order valence-electron chi connectivity index (χ3n) is 4.05. The fourth-order valence-electron chi connectivity index (χ4n) is 2.62. The molecule has 3 aromatic rings. The molecule has 0 saturated carbocycles. The Morgan fingerprint density at radius 2 is 2.00 bits per heavy atom. The van der Waals surface area contributed by atoms with E-state index in [1.54, 1.807) is 6.08 Å². The number of methoxy groups -OCH3 is 1. The Balaban J connectivity index is 1.69. The number of oxazole rings is 1. The summed E-state index contributed by atoms with van der Waals surface area (Å²) in [5.74, 6) is 1.61. The second kappa shape index (κ2) is 8.85. The highest BCUT2D eigenvalue weighted by atomic mass is 16.5. The molecule has 0 aliphatic rings. The lowest BCUT2D eigenvalue weighted by molar-refractivity contribution is -0.140.